The molecule has 0 aromatic carbocycles. The molecule has 1 aliphatic carbocycles. The van der Waals surface area contributed by atoms with E-state index in [1.54, 1.807) is 0 Å². The number of rotatable bonds is 1. The van der Waals surface area contributed by atoms with Gasteiger partial charge in [0, 0.05) is 13.1 Å². The molecule has 4 heteroatoms. The second-order valence-electron chi connectivity index (χ2n) is 2.67. The van der Waals surface area contributed by atoms with Crippen molar-refractivity contribution in [2.75, 3.05) is 7.05 Å². The fourth-order valence-corrected chi connectivity index (χ4v) is 1.03. The topological polar surface area (TPSA) is 60.8 Å². The van der Waals surface area contributed by atoms with Crippen molar-refractivity contribution >= 4 is 6.09 Å². The Morgan fingerprint density at radius 3 is 2.40 bits per heavy atom. The van der Waals surface area contributed by atoms with E-state index in [1.807, 2.05) is 0 Å². The molecule has 0 radical (unpaired) electrons. The van der Waals surface area contributed by atoms with Crippen LogP contribution in [0.1, 0.15) is 12.8 Å². The first-order valence-corrected chi connectivity index (χ1v) is 3.25. The van der Waals surface area contributed by atoms with Crippen LogP contribution in [0, 0.1) is 0 Å². The molecule has 0 aliphatic heterocycles. The largest absolute Gasteiger partial charge is 0.465 e. The van der Waals surface area contributed by atoms with Crippen LogP contribution in [0.15, 0.2) is 0 Å². The molecule has 0 atom stereocenters. The minimum Gasteiger partial charge on any atom is -0.465 e. The minimum absolute atomic E-state index is 0.0347. The Kier molecular flexibility index (Phi) is 1.80. The molecule has 1 amide bonds. The molecule has 2 N–H and O–H groups in total. The highest BCUT2D eigenvalue weighted by atomic mass is 16.4. The van der Waals surface area contributed by atoms with Crippen LogP contribution in [-0.2, 0) is 0 Å². The SMILES string of the molecule is CN(C(=O)O)C1CC(O)C1. The Morgan fingerprint density at radius 1 is 1.60 bits per heavy atom. The Balaban J connectivity index is 2.31. The Morgan fingerprint density at radius 2 is 2.10 bits per heavy atom. The van der Waals surface area contributed by atoms with Gasteiger partial charge in [0.25, 0.3) is 0 Å². The number of hydrogen-bond donors (Lipinski definition) is 2. The number of aliphatic hydroxyl groups is 1. The highest BCUT2D eigenvalue weighted by Gasteiger charge is 2.32. The molecule has 0 heterocycles. The summed E-state index contributed by atoms with van der Waals surface area (Å²) >= 11 is 0. The van der Waals surface area contributed by atoms with E-state index in [0.717, 1.165) is 0 Å². The summed E-state index contributed by atoms with van der Waals surface area (Å²) in [6, 6.07) is 0.0347. The van der Waals surface area contributed by atoms with Crippen molar-refractivity contribution in [2.45, 2.75) is 25.0 Å². The first-order valence-electron chi connectivity index (χ1n) is 3.25. The average Bonchev–Trinajstić information content (AvgIpc) is 1.79. The van der Waals surface area contributed by atoms with Gasteiger partial charge in [-0.1, -0.05) is 0 Å². The zero-order chi connectivity index (χ0) is 7.72. The van der Waals surface area contributed by atoms with Crippen molar-refractivity contribution in [3.8, 4) is 0 Å². The predicted octanol–water partition coefficient (Wildman–Crippen LogP) is 0.119. The normalized spacial score (nSPS) is 31.0. The first kappa shape index (κ1) is 7.34. The maximum atomic E-state index is 10.3. The van der Waals surface area contributed by atoms with Crippen LogP contribution in [0.2, 0.25) is 0 Å². The molecule has 10 heavy (non-hydrogen) atoms. The summed E-state index contributed by atoms with van der Waals surface area (Å²) in [5.41, 5.74) is 0. The average molecular weight is 145 g/mol. The second kappa shape index (κ2) is 2.46. The molecule has 1 fully saturated rings. The standard InChI is InChI=1S/C6H11NO3/c1-7(6(9)10)4-2-5(8)3-4/h4-5,8H,2-3H2,1H3,(H,9,10). The number of amides is 1. The van der Waals surface area contributed by atoms with Crippen molar-refractivity contribution < 1.29 is 15.0 Å². The zero-order valence-electron chi connectivity index (χ0n) is 5.82. The Hall–Kier alpha value is -0.770. The molecule has 0 saturated heterocycles. The maximum Gasteiger partial charge on any atom is 0.407 e. The number of aliphatic hydroxyl groups excluding tert-OH is 1. The van der Waals surface area contributed by atoms with Gasteiger partial charge in [-0.05, 0) is 12.8 Å². The van der Waals surface area contributed by atoms with Gasteiger partial charge in [0.15, 0.2) is 0 Å². The van der Waals surface area contributed by atoms with Gasteiger partial charge in [0.1, 0.15) is 0 Å². The first-order chi connectivity index (χ1) is 4.61. The Labute approximate surface area is 59.1 Å². The van der Waals surface area contributed by atoms with Gasteiger partial charge in [-0.3, -0.25) is 0 Å². The fraction of sp³-hybridized carbons (Fsp3) is 0.833. The van der Waals surface area contributed by atoms with E-state index < -0.39 is 6.09 Å². The van der Waals surface area contributed by atoms with Crippen LogP contribution in [0.3, 0.4) is 0 Å². The molecular weight excluding hydrogens is 134 g/mol. The van der Waals surface area contributed by atoms with E-state index in [1.165, 1.54) is 11.9 Å². The van der Waals surface area contributed by atoms with Crippen LogP contribution in [0.25, 0.3) is 0 Å². The van der Waals surface area contributed by atoms with Crippen molar-refractivity contribution in [1.29, 1.82) is 0 Å². The smallest absolute Gasteiger partial charge is 0.407 e. The van der Waals surface area contributed by atoms with Gasteiger partial charge in [-0.25, -0.2) is 4.79 Å². The summed E-state index contributed by atoms with van der Waals surface area (Å²) in [6.45, 7) is 0. The molecule has 1 aliphatic rings. The van der Waals surface area contributed by atoms with Gasteiger partial charge < -0.3 is 15.1 Å². The van der Waals surface area contributed by atoms with Gasteiger partial charge in [0.05, 0.1) is 6.10 Å². The molecule has 0 bridgehead atoms. The molecule has 0 aromatic rings. The van der Waals surface area contributed by atoms with E-state index >= 15 is 0 Å². The van der Waals surface area contributed by atoms with Crippen LogP contribution < -0.4 is 0 Å². The Bertz CT molecular complexity index is 142. The van der Waals surface area contributed by atoms with Crippen molar-refractivity contribution in [2.24, 2.45) is 0 Å². The third-order valence-corrected chi connectivity index (χ3v) is 1.94. The summed E-state index contributed by atoms with van der Waals surface area (Å²) in [7, 11) is 1.53. The molecule has 0 unspecified atom stereocenters. The summed E-state index contributed by atoms with van der Waals surface area (Å²) < 4.78 is 0. The second-order valence-corrected chi connectivity index (χ2v) is 2.67. The van der Waals surface area contributed by atoms with Gasteiger partial charge in [0.2, 0.25) is 0 Å². The number of hydrogen-bond acceptors (Lipinski definition) is 2. The predicted molar refractivity (Wildman–Crippen MR) is 34.8 cm³/mol. The van der Waals surface area contributed by atoms with E-state index in [-0.39, 0.29) is 12.1 Å². The summed E-state index contributed by atoms with van der Waals surface area (Å²) in [5, 5.41) is 17.3. The molecule has 0 spiro atoms. The van der Waals surface area contributed by atoms with Crippen LogP contribution >= 0.6 is 0 Å². The monoisotopic (exact) mass is 145 g/mol. The van der Waals surface area contributed by atoms with Crippen LogP contribution in [-0.4, -0.2) is 40.4 Å². The highest BCUT2D eigenvalue weighted by Crippen LogP contribution is 2.24. The third kappa shape index (κ3) is 1.21. The van der Waals surface area contributed by atoms with Crippen LogP contribution in [0.5, 0.6) is 0 Å². The minimum atomic E-state index is -0.920. The van der Waals surface area contributed by atoms with E-state index in [4.69, 9.17) is 10.2 Å². The summed E-state index contributed by atoms with van der Waals surface area (Å²) in [5.74, 6) is 0. The third-order valence-electron chi connectivity index (χ3n) is 1.94. The maximum absolute atomic E-state index is 10.3. The number of carbonyl (C=O) groups is 1. The lowest BCUT2D eigenvalue weighted by molar-refractivity contribution is 0.0166. The lowest BCUT2D eigenvalue weighted by Crippen LogP contribution is -2.47. The molecule has 0 aromatic heterocycles. The fourth-order valence-electron chi connectivity index (χ4n) is 1.03. The number of carboxylic acid groups (broad SMARTS) is 1. The van der Waals surface area contributed by atoms with Crippen molar-refractivity contribution in [3.63, 3.8) is 0 Å². The van der Waals surface area contributed by atoms with E-state index in [2.05, 4.69) is 0 Å². The quantitative estimate of drug-likeness (QED) is 0.551. The highest BCUT2D eigenvalue weighted by molar-refractivity contribution is 5.65. The zero-order valence-corrected chi connectivity index (χ0v) is 5.82. The lowest BCUT2D eigenvalue weighted by Gasteiger charge is -2.36. The molecule has 1 saturated carbocycles. The van der Waals surface area contributed by atoms with Gasteiger partial charge >= 0.3 is 6.09 Å². The van der Waals surface area contributed by atoms with Crippen LogP contribution in [0.4, 0.5) is 4.79 Å². The molecule has 58 valence electrons. The van der Waals surface area contributed by atoms with E-state index in [0.29, 0.717) is 12.8 Å². The number of nitrogens with zero attached hydrogens (tertiary/aromatic N) is 1. The van der Waals surface area contributed by atoms with Gasteiger partial charge in [-0.15, -0.1) is 0 Å². The molecular formula is C6H11NO3. The van der Waals surface area contributed by atoms with Crippen molar-refractivity contribution in [1.82, 2.24) is 4.90 Å². The van der Waals surface area contributed by atoms with E-state index in [9.17, 15) is 4.79 Å². The summed E-state index contributed by atoms with van der Waals surface area (Å²) in [4.78, 5) is 11.5. The summed E-state index contributed by atoms with van der Waals surface area (Å²) in [6.07, 6.45) is -0.0327. The molecule has 4 nitrogen and oxygen atoms in total. The van der Waals surface area contributed by atoms with Gasteiger partial charge in [-0.2, -0.15) is 0 Å². The van der Waals surface area contributed by atoms with Crippen molar-refractivity contribution in [3.05, 3.63) is 0 Å². The molecule has 1 rings (SSSR count). The lowest BCUT2D eigenvalue weighted by atomic mass is 9.89.